The number of ketones is 1. The van der Waals surface area contributed by atoms with Crippen LogP contribution in [0.25, 0.3) is 10.9 Å². The Kier molecular flexibility index (Phi) is 4.46. The lowest BCUT2D eigenvalue weighted by Crippen LogP contribution is -2.44. The molecule has 0 aliphatic carbocycles. The maximum atomic E-state index is 14.9. The molecule has 6 heteroatoms. The monoisotopic (exact) mass is 418 g/mol. The Balaban J connectivity index is 1.64. The molecule has 2 aliphatic heterocycles. The molecule has 0 spiro atoms. The fourth-order valence-corrected chi connectivity index (χ4v) is 4.71. The Morgan fingerprint density at radius 1 is 1.16 bits per heavy atom. The van der Waals surface area contributed by atoms with Crippen LogP contribution >= 0.6 is 0 Å². The second-order valence-electron chi connectivity index (χ2n) is 8.75. The third-order valence-electron chi connectivity index (χ3n) is 5.98. The van der Waals surface area contributed by atoms with Gasteiger partial charge in [-0.15, -0.1) is 0 Å². The number of hydrogen-bond donors (Lipinski definition) is 1. The number of aromatic nitrogens is 1. The average molecular weight is 418 g/mol. The van der Waals surface area contributed by atoms with E-state index in [4.69, 9.17) is 4.74 Å². The highest BCUT2D eigenvalue weighted by Gasteiger charge is 2.40. The van der Waals surface area contributed by atoms with Crippen LogP contribution in [-0.4, -0.2) is 33.7 Å². The maximum Gasteiger partial charge on any atom is 0.289 e. The zero-order valence-electron chi connectivity index (χ0n) is 17.4. The number of carbonyl (C=O) groups is 2. The van der Waals surface area contributed by atoms with Gasteiger partial charge < -0.3 is 14.6 Å². The summed E-state index contributed by atoms with van der Waals surface area (Å²) in [5.41, 5.74) is 2.49. The van der Waals surface area contributed by atoms with Gasteiger partial charge in [0.15, 0.2) is 11.5 Å². The summed E-state index contributed by atoms with van der Waals surface area (Å²) in [5.74, 6) is -0.919. The number of nitrogens with one attached hydrogen (secondary N) is 1. The van der Waals surface area contributed by atoms with Crippen LogP contribution < -0.4 is 0 Å². The number of halogens is 1. The number of nitrogens with zero attached hydrogens (tertiary/aromatic N) is 1. The van der Waals surface area contributed by atoms with Crippen molar-refractivity contribution in [2.75, 3.05) is 6.54 Å². The average Bonchev–Trinajstić information content (AvgIpc) is 3.10. The van der Waals surface area contributed by atoms with Crippen molar-refractivity contribution in [3.63, 3.8) is 0 Å². The van der Waals surface area contributed by atoms with Crippen molar-refractivity contribution in [2.24, 2.45) is 0 Å². The van der Waals surface area contributed by atoms with E-state index in [0.29, 0.717) is 18.5 Å². The second-order valence-corrected chi connectivity index (χ2v) is 8.75. The van der Waals surface area contributed by atoms with Crippen LogP contribution in [0.15, 0.2) is 60.4 Å². The molecule has 1 atom stereocenters. The van der Waals surface area contributed by atoms with Crippen molar-refractivity contribution in [2.45, 2.75) is 38.3 Å². The number of fused-ring (bicyclic) bond motifs is 3. The Morgan fingerprint density at radius 2 is 1.90 bits per heavy atom. The van der Waals surface area contributed by atoms with Crippen LogP contribution in [-0.2, 0) is 20.7 Å². The van der Waals surface area contributed by atoms with Crippen LogP contribution in [0.5, 0.6) is 0 Å². The first-order valence-electron chi connectivity index (χ1n) is 10.4. The van der Waals surface area contributed by atoms with E-state index in [2.05, 4.69) is 4.98 Å². The largest absolute Gasteiger partial charge is 0.481 e. The molecule has 3 aromatic rings. The van der Waals surface area contributed by atoms with E-state index >= 15 is 0 Å². The zero-order valence-corrected chi connectivity index (χ0v) is 17.4. The standard InChI is InChI=1S/C25H23FN2O3/c1-25(2)14-15(29)13-21(31-25)24(30)28-12-11-17-16-7-4-6-10-20(16)27-22(17)23(28)18-8-3-5-9-19(18)26/h3-10,13,23,27H,11-12,14H2,1-2H3/t23-/m1/s1. The van der Waals surface area contributed by atoms with Crippen molar-refractivity contribution >= 4 is 22.6 Å². The van der Waals surface area contributed by atoms with E-state index in [9.17, 15) is 14.0 Å². The van der Waals surface area contributed by atoms with Crippen molar-refractivity contribution in [1.82, 2.24) is 9.88 Å². The smallest absolute Gasteiger partial charge is 0.289 e. The number of amides is 1. The summed E-state index contributed by atoms with van der Waals surface area (Å²) in [6.45, 7) is 3.96. The highest BCUT2D eigenvalue weighted by Crippen LogP contribution is 2.40. The fraction of sp³-hybridized carbons (Fsp3) is 0.280. The van der Waals surface area contributed by atoms with Gasteiger partial charge in [-0.05, 0) is 38.0 Å². The van der Waals surface area contributed by atoms with E-state index in [-0.39, 0.29) is 23.8 Å². The van der Waals surface area contributed by atoms with Crippen LogP contribution in [0, 0.1) is 5.82 Å². The first-order valence-corrected chi connectivity index (χ1v) is 10.4. The molecule has 158 valence electrons. The predicted octanol–water partition coefficient (Wildman–Crippen LogP) is 4.43. The normalized spacial score (nSPS) is 20.2. The van der Waals surface area contributed by atoms with Crippen molar-refractivity contribution in [1.29, 1.82) is 0 Å². The summed E-state index contributed by atoms with van der Waals surface area (Å²) < 4.78 is 20.8. The van der Waals surface area contributed by atoms with Gasteiger partial charge in [0.2, 0.25) is 0 Å². The summed E-state index contributed by atoms with van der Waals surface area (Å²) in [6, 6.07) is 13.8. The zero-order chi connectivity index (χ0) is 21.8. The van der Waals surface area contributed by atoms with Gasteiger partial charge in [-0.25, -0.2) is 4.39 Å². The molecule has 0 bridgehead atoms. The first kappa shape index (κ1) is 19.5. The van der Waals surface area contributed by atoms with Crippen LogP contribution in [0.4, 0.5) is 4.39 Å². The number of aromatic amines is 1. The minimum absolute atomic E-state index is 0.0159. The molecule has 1 amide bonds. The SMILES string of the molecule is CC1(C)CC(=O)C=C(C(=O)N2CCc3c([nH]c4ccccc34)[C@H]2c2ccccc2F)O1. The van der Waals surface area contributed by atoms with Crippen molar-refractivity contribution < 1.29 is 18.7 Å². The molecule has 0 unspecified atom stereocenters. The summed E-state index contributed by atoms with van der Waals surface area (Å²) in [5, 5.41) is 1.08. The number of benzene rings is 2. The Morgan fingerprint density at radius 3 is 2.68 bits per heavy atom. The van der Waals surface area contributed by atoms with Crippen molar-refractivity contribution in [3.8, 4) is 0 Å². The highest BCUT2D eigenvalue weighted by molar-refractivity contribution is 6.02. The first-order chi connectivity index (χ1) is 14.8. The number of allylic oxidation sites excluding steroid dienone is 1. The number of ether oxygens (including phenoxy) is 1. The van der Waals surface area contributed by atoms with E-state index in [1.165, 1.54) is 12.1 Å². The number of para-hydroxylation sites is 1. The quantitative estimate of drug-likeness (QED) is 0.670. The molecule has 31 heavy (non-hydrogen) atoms. The summed E-state index contributed by atoms with van der Waals surface area (Å²) >= 11 is 0. The van der Waals surface area contributed by atoms with E-state index in [1.54, 1.807) is 36.9 Å². The van der Waals surface area contributed by atoms with Gasteiger partial charge in [0.25, 0.3) is 5.91 Å². The van der Waals surface area contributed by atoms with Gasteiger partial charge in [-0.2, -0.15) is 0 Å². The molecule has 0 fully saturated rings. The summed E-state index contributed by atoms with van der Waals surface area (Å²) in [6.07, 6.45) is 2.11. The van der Waals surface area contributed by atoms with E-state index < -0.39 is 17.6 Å². The predicted molar refractivity (Wildman–Crippen MR) is 115 cm³/mol. The number of hydrogen-bond acceptors (Lipinski definition) is 3. The summed E-state index contributed by atoms with van der Waals surface area (Å²) in [7, 11) is 0. The highest BCUT2D eigenvalue weighted by atomic mass is 19.1. The van der Waals surface area contributed by atoms with Gasteiger partial charge in [-0.3, -0.25) is 9.59 Å². The van der Waals surface area contributed by atoms with Gasteiger partial charge in [-0.1, -0.05) is 36.4 Å². The molecule has 1 aromatic heterocycles. The molecule has 5 nitrogen and oxygen atoms in total. The third-order valence-corrected chi connectivity index (χ3v) is 5.98. The summed E-state index contributed by atoms with van der Waals surface area (Å²) in [4.78, 5) is 30.8. The molecule has 2 aliphatic rings. The lowest BCUT2D eigenvalue weighted by molar-refractivity contribution is -0.139. The van der Waals surface area contributed by atoms with E-state index in [0.717, 1.165) is 22.2 Å². The minimum Gasteiger partial charge on any atom is -0.481 e. The molecule has 1 N–H and O–H groups in total. The molecule has 2 aromatic carbocycles. The number of carbonyl (C=O) groups excluding carboxylic acids is 2. The maximum absolute atomic E-state index is 14.9. The molecule has 0 saturated carbocycles. The van der Waals surface area contributed by atoms with Crippen molar-refractivity contribution in [3.05, 3.63) is 83.0 Å². The van der Waals surface area contributed by atoms with E-state index in [1.807, 2.05) is 24.3 Å². The molecular formula is C25H23FN2O3. The minimum atomic E-state index is -0.758. The Bertz CT molecular complexity index is 1240. The molecular weight excluding hydrogens is 395 g/mol. The van der Waals surface area contributed by atoms with Gasteiger partial charge in [0.05, 0.1) is 0 Å². The second kappa shape index (κ2) is 7.08. The van der Waals surface area contributed by atoms with Gasteiger partial charge >= 0.3 is 0 Å². The lowest BCUT2D eigenvalue weighted by atomic mass is 9.91. The van der Waals surface area contributed by atoms with Crippen LogP contribution in [0.3, 0.4) is 0 Å². The number of H-pyrrole nitrogens is 1. The Labute approximate surface area is 179 Å². The third kappa shape index (κ3) is 3.32. The molecule has 5 rings (SSSR count). The van der Waals surface area contributed by atoms with Gasteiger partial charge in [0, 0.05) is 41.2 Å². The molecule has 0 saturated heterocycles. The number of rotatable bonds is 2. The topological polar surface area (TPSA) is 62.4 Å². The van der Waals surface area contributed by atoms with Crippen LogP contribution in [0.1, 0.15) is 43.1 Å². The fourth-order valence-electron chi connectivity index (χ4n) is 4.71. The Hall–Kier alpha value is -3.41. The molecule has 3 heterocycles. The molecule has 0 radical (unpaired) electrons. The van der Waals surface area contributed by atoms with Gasteiger partial charge in [0.1, 0.15) is 17.5 Å². The van der Waals surface area contributed by atoms with Crippen LogP contribution in [0.2, 0.25) is 0 Å². The lowest BCUT2D eigenvalue weighted by Gasteiger charge is -2.38.